The highest BCUT2D eigenvalue weighted by Gasteiger charge is 2.33. The van der Waals surface area contributed by atoms with Gasteiger partial charge in [-0.25, -0.2) is 17.6 Å². The molecule has 0 aromatic heterocycles. The number of carbonyl (C=O) groups is 1. The smallest absolute Gasteiger partial charge is 0.327 e. The van der Waals surface area contributed by atoms with E-state index in [1.807, 2.05) is 0 Å². The number of aliphatic carboxylic acids is 1. The van der Waals surface area contributed by atoms with E-state index in [0.717, 1.165) is 28.3 Å². The normalized spacial score (nSPS) is 12.6. The van der Waals surface area contributed by atoms with Crippen molar-refractivity contribution in [1.82, 2.24) is 0 Å². The third kappa shape index (κ3) is 4.70. The zero-order valence-corrected chi connectivity index (χ0v) is 15.2. The first-order valence-electron chi connectivity index (χ1n) is 7.32. The van der Waals surface area contributed by atoms with Crippen LogP contribution >= 0.6 is 11.6 Å². The van der Waals surface area contributed by atoms with Crippen LogP contribution in [0.1, 0.15) is 11.1 Å². The van der Waals surface area contributed by atoms with E-state index in [1.54, 1.807) is 25.1 Å². The summed E-state index contributed by atoms with van der Waals surface area (Å²) in [6.07, 6.45) is 0.837. The topological polar surface area (TPSA) is 74.7 Å². The van der Waals surface area contributed by atoms with Gasteiger partial charge in [-0.2, -0.15) is 0 Å². The first kappa shape index (κ1) is 19.2. The van der Waals surface area contributed by atoms with Crippen molar-refractivity contribution in [3.63, 3.8) is 0 Å². The molecule has 25 heavy (non-hydrogen) atoms. The van der Waals surface area contributed by atoms with Crippen molar-refractivity contribution in [3.05, 3.63) is 64.4 Å². The number of carboxylic acids is 1. The number of aryl methyl sites for hydroxylation is 1. The molecule has 0 saturated heterocycles. The SMILES string of the molecule is Cc1ccc(Cl)cc1C[C@H](C(=O)O)N(c1ccc(F)cc1)S(C)(=O)=O. The third-order valence-corrected chi connectivity index (χ3v) is 5.15. The first-order chi connectivity index (χ1) is 11.6. The number of rotatable bonds is 6. The van der Waals surface area contributed by atoms with Crippen LogP contribution in [0.15, 0.2) is 42.5 Å². The molecule has 0 heterocycles. The first-order valence-corrected chi connectivity index (χ1v) is 9.55. The van der Waals surface area contributed by atoms with Gasteiger partial charge in [0.2, 0.25) is 10.0 Å². The lowest BCUT2D eigenvalue weighted by molar-refractivity contribution is -0.138. The third-order valence-electron chi connectivity index (χ3n) is 3.73. The van der Waals surface area contributed by atoms with E-state index in [-0.39, 0.29) is 12.1 Å². The van der Waals surface area contributed by atoms with Crippen molar-refractivity contribution in [3.8, 4) is 0 Å². The van der Waals surface area contributed by atoms with Gasteiger partial charge in [-0.05, 0) is 54.4 Å². The maximum Gasteiger partial charge on any atom is 0.327 e. The van der Waals surface area contributed by atoms with Gasteiger partial charge in [-0.3, -0.25) is 4.31 Å². The lowest BCUT2D eigenvalue weighted by Crippen LogP contribution is -2.46. The van der Waals surface area contributed by atoms with E-state index in [9.17, 15) is 22.7 Å². The molecule has 0 aliphatic rings. The highest BCUT2D eigenvalue weighted by molar-refractivity contribution is 7.92. The van der Waals surface area contributed by atoms with Crippen LogP contribution in [-0.4, -0.2) is 31.8 Å². The Kier molecular flexibility index (Phi) is 5.69. The zero-order chi connectivity index (χ0) is 18.8. The summed E-state index contributed by atoms with van der Waals surface area (Å²) < 4.78 is 38.4. The van der Waals surface area contributed by atoms with Crippen molar-refractivity contribution in [2.45, 2.75) is 19.4 Å². The molecule has 1 atom stereocenters. The van der Waals surface area contributed by atoms with Crippen molar-refractivity contribution in [1.29, 1.82) is 0 Å². The summed E-state index contributed by atoms with van der Waals surface area (Å²) in [5, 5.41) is 10.1. The minimum atomic E-state index is -3.92. The largest absolute Gasteiger partial charge is 0.480 e. The zero-order valence-electron chi connectivity index (χ0n) is 13.6. The molecular formula is C17H17ClFNO4S. The van der Waals surface area contributed by atoms with Gasteiger partial charge in [-0.1, -0.05) is 17.7 Å². The predicted octanol–water partition coefficient (Wildman–Crippen LogP) is 3.25. The Bertz CT molecular complexity index is 884. The van der Waals surface area contributed by atoms with E-state index >= 15 is 0 Å². The summed E-state index contributed by atoms with van der Waals surface area (Å²) in [4.78, 5) is 11.8. The Morgan fingerprint density at radius 2 is 1.84 bits per heavy atom. The number of nitrogens with zero attached hydrogens (tertiary/aromatic N) is 1. The quantitative estimate of drug-likeness (QED) is 0.828. The van der Waals surface area contributed by atoms with E-state index in [4.69, 9.17) is 11.6 Å². The monoisotopic (exact) mass is 385 g/mol. The average molecular weight is 386 g/mol. The number of hydrogen-bond donors (Lipinski definition) is 1. The highest BCUT2D eigenvalue weighted by atomic mass is 35.5. The summed E-state index contributed by atoms with van der Waals surface area (Å²) in [7, 11) is -3.92. The minimum absolute atomic E-state index is 0.0772. The fourth-order valence-corrected chi connectivity index (χ4v) is 3.86. The Balaban J connectivity index is 2.52. The Hall–Kier alpha value is -2.12. The Morgan fingerprint density at radius 3 is 2.36 bits per heavy atom. The summed E-state index contributed by atoms with van der Waals surface area (Å²) in [6.45, 7) is 1.78. The van der Waals surface area contributed by atoms with Gasteiger partial charge in [-0.15, -0.1) is 0 Å². The number of sulfonamides is 1. The standard InChI is InChI=1S/C17H17ClFNO4S/c1-11-3-4-13(18)9-12(11)10-16(17(21)22)20(25(2,23)24)15-7-5-14(19)6-8-15/h3-9,16H,10H2,1-2H3,(H,21,22)/t16-/m1/s1. The van der Waals surface area contributed by atoms with Crippen LogP contribution in [0.5, 0.6) is 0 Å². The molecule has 2 rings (SSSR count). The molecule has 134 valence electrons. The van der Waals surface area contributed by atoms with Crippen molar-refractivity contribution in [2.24, 2.45) is 0 Å². The number of hydrogen-bond acceptors (Lipinski definition) is 3. The van der Waals surface area contributed by atoms with Gasteiger partial charge in [0, 0.05) is 11.4 Å². The summed E-state index contributed by atoms with van der Waals surface area (Å²) in [5.74, 6) is -1.86. The highest BCUT2D eigenvalue weighted by Crippen LogP contribution is 2.25. The predicted molar refractivity (Wildman–Crippen MR) is 95.0 cm³/mol. The molecule has 0 radical (unpaired) electrons. The second kappa shape index (κ2) is 7.41. The molecule has 0 fully saturated rings. The van der Waals surface area contributed by atoms with Gasteiger partial charge in [0.15, 0.2) is 0 Å². The molecule has 1 N–H and O–H groups in total. The molecule has 8 heteroatoms. The van der Waals surface area contributed by atoms with Gasteiger partial charge in [0.25, 0.3) is 0 Å². The van der Waals surface area contributed by atoms with Crippen LogP contribution in [0.25, 0.3) is 0 Å². The lowest BCUT2D eigenvalue weighted by atomic mass is 10.0. The van der Waals surface area contributed by atoms with Crippen LogP contribution in [0.3, 0.4) is 0 Å². The molecule has 0 unspecified atom stereocenters. The summed E-state index contributed by atoms with van der Waals surface area (Å²) in [6, 6.07) is 8.25. The lowest BCUT2D eigenvalue weighted by Gasteiger charge is -2.29. The summed E-state index contributed by atoms with van der Waals surface area (Å²) in [5.41, 5.74) is 1.50. The fraction of sp³-hybridized carbons (Fsp3) is 0.235. The van der Waals surface area contributed by atoms with Crippen LogP contribution in [0.2, 0.25) is 5.02 Å². The van der Waals surface area contributed by atoms with E-state index in [1.165, 1.54) is 12.1 Å². The number of benzene rings is 2. The molecule has 2 aromatic rings. The Morgan fingerprint density at radius 1 is 1.24 bits per heavy atom. The van der Waals surface area contributed by atoms with Crippen molar-refractivity contribution in [2.75, 3.05) is 10.6 Å². The second-order valence-corrected chi connectivity index (χ2v) is 7.96. The molecule has 0 spiro atoms. The molecular weight excluding hydrogens is 369 g/mol. The van der Waals surface area contributed by atoms with Crippen molar-refractivity contribution >= 4 is 33.3 Å². The van der Waals surface area contributed by atoms with Gasteiger partial charge in [0.1, 0.15) is 11.9 Å². The van der Waals surface area contributed by atoms with Crippen LogP contribution in [0, 0.1) is 12.7 Å². The fourth-order valence-electron chi connectivity index (χ4n) is 2.53. The van der Waals surface area contributed by atoms with Gasteiger partial charge in [0.05, 0.1) is 11.9 Å². The maximum absolute atomic E-state index is 13.2. The maximum atomic E-state index is 13.2. The van der Waals surface area contributed by atoms with Crippen LogP contribution < -0.4 is 4.31 Å². The molecule has 0 saturated carbocycles. The van der Waals surface area contributed by atoms with E-state index < -0.39 is 27.9 Å². The molecule has 0 bridgehead atoms. The minimum Gasteiger partial charge on any atom is -0.480 e. The van der Waals surface area contributed by atoms with E-state index in [2.05, 4.69) is 0 Å². The summed E-state index contributed by atoms with van der Waals surface area (Å²) >= 11 is 5.96. The van der Waals surface area contributed by atoms with Crippen LogP contribution in [-0.2, 0) is 21.2 Å². The van der Waals surface area contributed by atoms with Gasteiger partial charge >= 0.3 is 5.97 Å². The number of anilines is 1. The van der Waals surface area contributed by atoms with Crippen LogP contribution in [0.4, 0.5) is 10.1 Å². The van der Waals surface area contributed by atoms with E-state index in [0.29, 0.717) is 10.6 Å². The molecule has 5 nitrogen and oxygen atoms in total. The Labute approximate surface area is 150 Å². The second-order valence-electron chi connectivity index (χ2n) is 5.66. The molecule has 0 aliphatic carbocycles. The molecule has 0 aliphatic heterocycles. The number of carboxylic acid groups (broad SMARTS) is 1. The molecule has 0 amide bonds. The number of halogens is 2. The average Bonchev–Trinajstić information content (AvgIpc) is 2.50. The van der Waals surface area contributed by atoms with Crippen molar-refractivity contribution < 1.29 is 22.7 Å². The molecule has 2 aromatic carbocycles. The van der Waals surface area contributed by atoms with Gasteiger partial charge < -0.3 is 5.11 Å².